The molecule has 0 atom stereocenters. The van der Waals surface area contributed by atoms with Crippen molar-refractivity contribution >= 4 is 21.4 Å². The van der Waals surface area contributed by atoms with Crippen LogP contribution < -0.4 is 5.32 Å². The van der Waals surface area contributed by atoms with Gasteiger partial charge in [-0.05, 0) is 31.3 Å². The summed E-state index contributed by atoms with van der Waals surface area (Å²) in [6.07, 6.45) is 1.53. The van der Waals surface area contributed by atoms with Crippen LogP contribution in [0.2, 0.25) is 0 Å². The van der Waals surface area contributed by atoms with Crippen molar-refractivity contribution in [2.24, 2.45) is 0 Å². The number of nitrogens with zero attached hydrogens (tertiary/aromatic N) is 1. The topological polar surface area (TPSA) is 58.6 Å². The van der Waals surface area contributed by atoms with Crippen molar-refractivity contribution in [3.8, 4) is 0 Å². The highest BCUT2D eigenvalue weighted by molar-refractivity contribution is 7.89. The Balaban J connectivity index is 2.22. The molecular weight excluding hydrogens is 284 g/mol. The molecule has 0 amide bonds. The Morgan fingerprint density at radius 3 is 2.79 bits per heavy atom. The van der Waals surface area contributed by atoms with E-state index in [4.69, 9.17) is 4.74 Å². The third-order valence-corrected chi connectivity index (χ3v) is 6.45. The molecule has 1 fully saturated rings. The fourth-order valence-electron chi connectivity index (χ4n) is 2.25. The van der Waals surface area contributed by atoms with Crippen molar-refractivity contribution in [2.75, 3.05) is 27.3 Å². The minimum Gasteiger partial charge on any atom is -0.381 e. The molecule has 0 saturated carbocycles. The van der Waals surface area contributed by atoms with Gasteiger partial charge in [-0.15, -0.1) is 11.3 Å². The first-order valence-electron chi connectivity index (χ1n) is 6.34. The molecule has 19 heavy (non-hydrogen) atoms. The van der Waals surface area contributed by atoms with Gasteiger partial charge in [-0.3, -0.25) is 0 Å². The van der Waals surface area contributed by atoms with Crippen molar-refractivity contribution in [2.45, 2.75) is 30.3 Å². The van der Waals surface area contributed by atoms with Crippen molar-refractivity contribution in [1.82, 2.24) is 9.62 Å². The first-order chi connectivity index (χ1) is 9.07. The zero-order valence-corrected chi connectivity index (χ0v) is 12.9. The molecule has 1 N–H and O–H groups in total. The van der Waals surface area contributed by atoms with Gasteiger partial charge in [-0.2, -0.15) is 4.31 Å². The van der Waals surface area contributed by atoms with E-state index >= 15 is 0 Å². The molecule has 2 rings (SSSR count). The van der Waals surface area contributed by atoms with E-state index in [0.717, 1.165) is 17.7 Å². The molecule has 0 unspecified atom stereocenters. The zero-order valence-electron chi connectivity index (χ0n) is 11.3. The Morgan fingerprint density at radius 1 is 1.47 bits per heavy atom. The number of thiophene rings is 1. The van der Waals surface area contributed by atoms with Gasteiger partial charge in [0.15, 0.2) is 0 Å². The Morgan fingerprint density at radius 2 is 2.16 bits per heavy atom. The van der Waals surface area contributed by atoms with Crippen molar-refractivity contribution < 1.29 is 13.2 Å². The molecule has 7 heteroatoms. The summed E-state index contributed by atoms with van der Waals surface area (Å²) >= 11 is 1.47. The van der Waals surface area contributed by atoms with Gasteiger partial charge in [-0.1, -0.05) is 0 Å². The highest BCUT2D eigenvalue weighted by Crippen LogP contribution is 2.27. The molecular formula is C12H20N2O3S2. The van der Waals surface area contributed by atoms with E-state index in [1.54, 1.807) is 13.1 Å². The second-order valence-corrected chi connectivity index (χ2v) is 7.57. The average Bonchev–Trinajstić information content (AvgIpc) is 2.88. The van der Waals surface area contributed by atoms with Gasteiger partial charge in [0.1, 0.15) is 0 Å². The van der Waals surface area contributed by atoms with Crippen LogP contribution in [0.25, 0.3) is 0 Å². The molecule has 1 saturated heterocycles. The number of hydrogen-bond donors (Lipinski definition) is 1. The van der Waals surface area contributed by atoms with Gasteiger partial charge < -0.3 is 10.1 Å². The van der Waals surface area contributed by atoms with Crippen LogP contribution in [0.15, 0.2) is 16.3 Å². The van der Waals surface area contributed by atoms with Crippen LogP contribution in [-0.2, 0) is 21.3 Å². The lowest BCUT2D eigenvalue weighted by Crippen LogP contribution is -2.40. The van der Waals surface area contributed by atoms with E-state index in [1.165, 1.54) is 15.6 Å². The number of hydrogen-bond acceptors (Lipinski definition) is 5. The number of nitrogens with one attached hydrogen (secondary N) is 1. The number of rotatable bonds is 5. The predicted molar refractivity (Wildman–Crippen MR) is 75.9 cm³/mol. The molecule has 5 nitrogen and oxygen atoms in total. The van der Waals surface area contributed by atoms with Gasteiger partial charge in [0, 0.05) is 37.7 Å². The minimum absolute atomic E-state index is 0.0427. The fraction of sp³-hybridized carbons (Fsp3) is 0.667. The van der Waals surface area contributed by atoms with E-state index < -0.39 is 10.0 Å². The normalized spacial score (nSPS) is 18.1. The van der Waals surface area contributed by atoms with E-state index in [2.05, 4.69) is 5.32 Å². The molecule has 0 aliphatic carbocycles. The maximum atomic E-state index is 12.7. The van der Waals surface area contributed by atoms with Gasteiger partial charge >= 0.3 is 0 Å². The molecule has 1 aliphatic heterocycles. The predicted octanol–water partition coefficient (Wildman–Crippen LogP) is 1.27. The van der Waals surface area contributed by atoms with E-state index in [-0.39, 0.29) is 6.04 Å². The summed E-state index contributed by atoms with van der Waals surface area (Å²) in [5.41, 5.74) is 0. The fourth-order valence-corrected chi connectivity index (χ4v) is 5.09. The molecule has 0 aromatic carbocycles. The van der Waals surface area contributed by atoms with Crippen LogP contribution in [0.4, 0.5) is 0 Å². The number of sulfonamides is 1. The molecule has 0 spiro atoms. The molecule has 1 aromatic rings. The maximum absolute atomic E-state index is 12.7. The molecule has 108 valence electrons. The van der Waals surface area contributed by atoms with E-state index in [1.807, 2.05) is 12.4 Å². The summed E-state index contributed by atoms with van der Waals surface area (Å²) in [5, 5.41) is 4.84. The molecule has 1 aliphatic rings. The second-order valence-electron chi connectivity index (χ2n) is 4.60. The van der Waals surface area contributed by atoms with Gasteiger partial charge in [-0.25, -0.2) is 8.42 Å². The highest BCUT2D eigenvalue weighted by atomic mass is 32.2. The van der Waals surface area contributed by atoms with Crippen LogP contribution in [0.1, 0.15) is 17.7 Å². The standard InChI is InChI=1S/C12H20N2O3S2/c1-13-9-11-12(5-8-18-11)19(15,16)14(2)10-3-6-17-7-4-10/h5,8,10,13H,3-4,6-7,9H2,1-2H3. The lowest BCUT2D eigenvalue weighted by molar-refractivity contribution is 0.0632. The average molecular weight is 304 g/mol. The quantitative estimate of drug-likeness (QED) is 0.890. The smallest absolute Gasteiger partial charge is 0.244 e. The Labute approximate surface area is 118 Å². The SMILES string of the molecule is CNCc1sccc1S(=O)(=O)N(C)C1CCOCC1. The first-order valence-corrected chi connectivity index (χ1v) is 8.66. The molecule has 0 radical (unpaired) electrons. The summed E-state index contributed by atoms with van der Waals surface area (Å²) in [5.74, 6) is 0. The van der Waals surface area contributed by atoms with Gasteiger partial charge in [0.25, 0.3) is 0 Å². The zero-order chi connectivity index (χ0) is 13.9. The molecule has 0 bridgehead atoms. The third-order valence-electron chi connectivity index (χ3n) is 3.40. The third kappa shape index (κ3) is 3.17. The minimum atomic E-state index is -3.40. The van der Waals surface area contributed by atoms with Gasteiger partial charge in [0.05, 0.1) is 4.90 Å². The van der Waals surface area contributed by atoms with Crippen molar-refractivity contribution in [3.63, 3.8) is 0 Å². The Kier molecular flexibility index (Phi) is 4.97. The lowest BCUT2D eigenvalue weighted by Gasteiger charge is -2.30. The van der Waals surface area contributed by atoms with Crippen LogP contribution >= 0.6 is 11.3 Å². The van der Waals surface area contributed by atoms with Crippen LogP contribution in [-0.4, -0.2) is 46.1 Å². The summed E-state index contributed by atoms with van der Waals surface area (Å²) in [7, 11) is 0.0906. The first kappa shape index (κ1) is 14.9. The number of ether oxygens (including phenoxy) is 1. The second kappa shape index (κ2) is 6.32. The summed E-state index contributed by atoms with van der Waals surface area (Å²) in [4.78, 5) is 1.29. The van der Waals surface area contributed by atoms with E-state index in [9.17, 15) is 8.42 Å². The largest absolute Gasteiger partial charge is 0.381 e. The summed E-state index contributed by atoms with van der Waals surface area (Å²) in [6, 6.07) is 1.74. The summed E-state index contributed by atoms with van der Waals surface area (Å²) < 4.78 is 32.1. The summed E-state index contributed by atoms with van der Waals surface area (Å²) in [6.45, 7) is 1.85. The van der Waals surface area contributed by atoms with Gasteiger partial charge in [0.2, 0.25) is 10.0 Å². The van der Waals surface area contributed by atoms with E-state index in [0.29, 0.717) is 24.7 Å². The van der Waals surface area contributed by atoms with Crippen molar-refractivity contribution in [3.05, 3.63) is 16.3 Å². The maximum Gasteiger partial charge on any atom is 0.244 e. The molecule has 1 aromatic heterocycles. The Bertz CT molecular complexity index is 507. The highest BCUT2D eigenvalue weighted by Gasteiger charge is 2.31. The monoisotopic (exact) mass is 304 g/mol. The molecule has 2 heterocycles. The van der Waals surface area contributed by atoms with Crippen LogP contribution in [0, 0.1) is 0 Å². The van der Waals surface area contributed by atoms with Crippen LogP contribution in [0.5, 0.6) is 0 Å². The Hall–Kier alpha value is -0.470. The lowest BCUT2D eigenvalue weighted by atomic mass is 10.1. The van der Waals surface area contributed by atoms with Crippen molar-refractivity contribution in [1.29, 1.82) is 0 Å². The van der Waals surface area contributed by atoms with Crippen LogP contribution in [0.3, 0.4) is 0 Å².